The lowest BCUT2D eigenvalue weighted by Gasteiger charge is -2.56. The highest BCUT2D eigenvalue weighted by molar-refractivity contribution is 5.94. The molecule has 32 heavy (non-hydrogen) atoms. The molecule has 0 radical (unpaired) electrons. The molecular weight excluding hydrogens is 404 g/mol. The van der Waals surface area contributed by atoms with Crippen LogP contribution in [0.1, 0.15) is 65.7 Å². The van der Waals surface area contributed by atoms with Gasteiger partial charge in [-0.25, -0.2) is 0 Å². The topological polar surface area (TPSA) is 69.7 Å². The third-order valence-electron chi connectivity index (χ3n) is 9.85. The zero-order valence-corrected chi connectivity index (χ0v) is 20.2. The predicted molar refractivity (Wildman–Crippen MR) is 121 cm³/mol. The molecule has 0 heterocycles. The van der Waals surface area contributed by atoms with Crippen LogP contribution in [-0.2, 0) is 23.9 Å². The molecular formula is C27H38O5. The lowest BCUT2D eigenvalue weighted by molar-refractivity contribution is -0.160. The van der Waals surface area contributed by atoms with Gasteiger partial charge in [0, 0.05) is 6.42 Å². The minimum absolute atomic E-state index is 0.110. The van der Waals surface area contributed by atoms with E-state index in [-0.39, 0.29) is 22.5 Å². The summed E-state index contributed by atoms with van der Waals surface area (Å²) in [6.07, 6.45) is 13.3. The molecule has 0 N–H and O–H groups in total. The number of methoxy groups -OCH3 is 2. The summed E-state index contributed by atoms with van der Waals surface area (Å²) in [5, 5.41) is 0. The van der Waals surface area contributed by atoms with Crippen LogP contribution in [0, 0.1) is 46.3 Å². The van der Waals surface area contributed by atoms with Crippen LogP contribution in [0.4, 0.5) is 0 Å². The predicted octanol–water partition coefficient (Wildman–Crippen LogP) is 4.90. The van der Waals surface area contributed by atoms with E-state index in [2.05, 4.69) is 32.9 Å². The Labute approximate surface area is 192 Å². The molecule has 4 unspecified atom stereocenters. The molecule has 0 aromatic carbocycles. The molecule has 0 amide bonds. The van der Waals surface area contributed by atoms with Crippen molar-refractivity contribution in [1.29, 1.82) is 0 Å². The Balaban J connectivity index is 1.56. The Morgan fingerprint density at radius 2 is 1.75 bits per heavy atom. The molecule has 2 saturated carbocycles. The van der Waals surface area contributed by atoms with Crippen LogP contribution >= 0.6 is 0 Å². The smallest absolute Gasteiger partial charge is 0.320 e. The SMILES string of the molecule is COC(=O)C(C[C@@H](C)C1CCC2C3C=CC4=CC(=O)CC[C@]4(C)C3CC[C@@]21C)C(=O)OC. The highest BCUT2D eigenvalue weighted by Gasteiger charge is 2.58. The summed E-state index contributed by atoms with van der Waals surface area (Å²) < 4.78 is 9.78. The van der Waals surface area contributed by atoms with Gasteiger partial charge in [0.1, 0.15) is 0 Å². The van der Waals surface area contributed by atoms with Gasteiger partial charge in [-0.05, 0) is 90.6 Å². The lowest BCUT2D eigenvalue weighted by Crippen LogP contribution is -2.49. The van der Waals surface area contributed by atoms with E-state index in [9.17, 15) is 14.4 Å². The molecule has 0 spiro atoms. The molecule has 5 nitrogen and oxygen atoms in total. The number of hydrogen-bond donors (Lipinski definition) is 0. The number of ketones is 1. The van der Waals surface area contributed by atoms with Crippen LogP contribution in [0.2, 0.25) is 0 Å². The van der Waals surface area contributed by atoms with Crippen molar-refractivity contribution in [2.24, 2.45) is 46.3 Å². The Bertz CT molecular complexity index is 840. The van der Waals surface area contributed by atoms with Crippen molar-refractivity contribution in [2.45, 2.75) is 65.7 Å². The van der Waals surface area contributed by atoms with Crippen molar-refractivity contribution in [3.8, 4) is 0 Å². The Kier molecular flexibility index (Phi) is 6.15. The third kappa shape index (κ3) is 3.56. The van der Waals surface area contributed by atoms with Crippen molar-refractivity contribution in [3.63, 3.8) is 0 Å². The number of ether oxygens (including phenoxy) is 2. The normalized spacial score (nSPS) is 38.9. The van der Waals surface area contributed by atoms with Gasteiger partial charge in [0.05, 0.1) is 14.2 Å². The zero-order valence-electron chi connectivity index (χ0n) is 20.2. The lowest BCUT2D eigenvalue weighted by atomic mass is 9.48. The van der Waals surface area contributed by atoms with Crippen LogP contribution in [0.15, 0.2) is 23.8 Å². The number of carbonyl (C=O) groups is 3. The van der Waals surface area contributed by atoms with Gasteiger partial charge in [-0.3, -0.25) is 14.4 Å². The molecule has 2 fully saturated rings. The second-order valence-electron chi connectivity index (χ2n) is 11.2. The number of hydrogen-bond acceptors (Lipinski definition) is 5. The van der Waals surface area contributed by atoms with Crippen molar-refractivity contribution in [2.75, 3.05) is 14.2 Å². The average Bonchev–Trinajstić information content (AvgIpc) is 3.14. The number of rotatable bonds is 5. The number of carbonyl (C=O) groups excluding carboxylic acids is 3. The van der Waals surface area contributed by atoms with E-state index >= 15 is 0 Å². The second kappa shape index (κ2) is 8.46. The van der Waals surface area contributed by atoms with Gasteiger partial charge in [-0.2, -0.15) is 0 Å². The summed E-state index contributed by atoms with van der Waals surface area (Å²) >= 11 is 0. The van der Waals surface area contributed by atoms with E-state index in [1.165, 1.54) is 39.1 Å². The first-order valence-electron chi connectivity index (χ1n) is 12.2. The van der Waals surface area contributed by atoms with E-state index in [1.807, 2.05) is 6.08 Å². The summed E-state index contributed by atoms with van der Waals surface area (Å²) in [4.78, 5) is 36.5. The highest BCUT2D eigenvalue weighted by atomic mass is 16.5. The van der Waals surface area contributed by atoms with Crippen molar-refractivity contribution < 1.29 is 23.9 Å². The molecule has 0 aromatic rings. The number of esters is 2. The quantitative estimate of drug-likeness (QED) is 0.447. The number of allylic oxidation sites excluding steroid dienone is 4. The Morgan fingerprint density at radius 3 is 2.41 bits per heavy atom. The minimum Gasteiger partial charge on any atom is -0.468 e. The van der Waals surface area contributed by atoms with Gasteiger partial charge >= 0.3 is 11.9 Å². The van der Waals surface area contributed by atoms with E-state index in [1.54, 1.807) is 0 Å². The van der Waals surface area contributed by atoms with Gasteiger partial charge in [-0.15, -0.1) is 0 Å². The molecule has 4 rings (SSSR count). The van der Waals surface area contributed by atoms with E-state index < -0.39 is 17.9 Å². The monoisotopic (exact) mass is 442 g/mol. The van der Waals surface area contributed by atoms with Crippen LogP contribution < -0.4 is 0 Å². The van der Waals surface area contributed by atoms with E-state index in [0.29, 0.717) is 36.5 Å². The van der Waals surface area contributed by atoms with Crippen molar-refractivity contribution in [3.05, 3.63) is 23.8 Å². The van der Waals surface area contributed by atoms with Crippen LogP contribution in [-0.4, -0.2) is 31.9 Å². The van der Waals surface area contributed by atoms with Crippen LogP contribution in [0.25, 0.3) is 0 Å². The fraction of sp³-hybridized carbons (Fsp3) is 0.741. The second-order valence-corrected chi connectivity index (χ2v) is 11.2. The van der Waals surface area contributed by atoms with Gasteiger partial charge < -0.3 is 9.47 Å². The summed E-state index contributed by atoms with van der Waals surface area (Å²) in [7, 11) is 2.66. The van der Waals surface area contributed by atoms with Gasteiger partial charge in [-0.1, -0.05) is 32.9 Å². The fourth-order valence-electron chi connectivity index (χ4n) is 8.08. The summed E-state index contributed by atoms with van der Waals surface area (Å²) in [6.45, 7) is 7.01. The first-order chi connectivity index (χ1) is 15.2. The van der Waals surface area contributed by atoms with Gasteiger partial charge in [0.15, 0.2) is 11.7 Å². The summed E-state index contributed by atoms with van der Waals surface area (Å²) in [5.74, 6) is 0.863. The highest BCUT2D eigenvalue weighted by Crippen LogP contribution is 2.66. The summed E-state index contributed by atoms with van der Waals surface area (Å²) in [5.41, 5.74) is 1.55. The molecule has 176 valence electrons. The number of fused-ring (bicyclic) bond motifs is 5. The zero-order chi connectivity index (χ0) is 23.3. The molecule has 4 aliphatic carbocycles. The maximum Gasteiger partial charge on any atom is 0.320 e. The molecule has 0 saturated heterocycles. The van der Waals surface area contributed by atoms with Gasteiger partial charge in [0.2, 0.25) is 0 Å². The molecule has 0 aromatic heterocycles. The first-order valence-corrected chi connectivity index (χ1v) is 12.2. The minimum atomic E-state index is -0.847. The standard InChI is InChI=1S/C27H38O5/c1-16(14-20(24(29)31-4)25(30)32-5)21-8-9-22-19-7-6-17-15-18(28)10-12-26(17,2)23(19)11-13-27(21,22)3/h6-7,15-16,19-23H,8-14H2,1-5H3/t16-,19?,21?,22?,23?,26+,27-/m1/s1. The van der Waals surface area contributed by atoms with Crippen molar-refractivity contribution in [1.82, 2.24) is 0 Å². The van der Waals surface area contributed by atoms with Crippen LogP contribution in [0.5, 0.6) is 0 Å². The fourth-order valence-corrected chi connectivity index (χ4v) is 8.08. The first kappa shape index (κ1) is 23.3. The van der Waals surface area contributed by atoms with Gasteiger partial charge in [0.25, 0.3) is 0 Å². The molecule has 7 atom stereocenters. The largest absolute Gasteiger partial charge is 0.468 e. The van der Waals surface area contributed by atoms with Crippen molar-refractivity contribution >= 4 is 17.7 Å². The molecule has 5 heteroatoms. The molecule has 4 aliphatic rings. The van der Waals surface area contributed by atoms with E-state index in [4.69, 9.17) is 9.47 Å². The average molecular weight is 443 g/mol. The maximum absolute atomic E-state index is 12.2. The summed E-state index contributed by atoms with van der Waals surface area (Å²) in [6, 6.07) is 0. The third-order valence-corrected chi connectivity index (χ3v) is 9.85. The maximum atomic E-state index is 12.2. The van der Waals surface area contributed by atoms with Crippen LogP contribution in [0.3, 0.4) is 0 Å². The molecule has 0 aliphatic heterocycles. The Hall–Kier alpha value is -1.91. The molecule has 0 bridgehead atoms. The van der Waals surface area contributed by atoms with E-state index in [0.717, 1.165) is 12.8 Å². The Morgan fingerprint density at radius 1 is 1.06 bits per heavy atom.